The molecule has 0 aromatic heterocycles. The van der Waals surface area contributed by atoms with Crippen LogP contribution in [-0.2, 0) is 17.1 Å². The molecule has 8 heteroatoms. The first-order valence-electron chi connectivity index (χ1n) is 5.63. The number of halogens is 3. The fourth-order valence-electron chi connectivity index (χ4n) is 1.39. The molecule has 0 fully saturated rings. The van der Waals surface area contributed by atoms with E-state index in [0.717, 1.165) is 21.4 Å². The summed E-state index contributed by atoms with van der Waals surface area (Å²) >= 11 is 1.85. The molecule has 0 saturated heterocycles. The van der Waals surface area contributed by atoms with Crippen molar-refractivity contribution in [3.63, 3.8) is 0 Å². The first-order valence-corrected chi connectivity index (χ1v) is 12.2. The van der Waals surface area contributed by atoms with Gasteiger partial charge in [0.1, 0.15) is 0 Å². The van der Waals surface area contributed by atoms with Crippen LogP contribution in [0.2, 0.25) is 0 Å². The van der Waals surface area contributed by atoms with E-state index < -0.39 is 30.6 Å². The summed E-state index contributed by atoms with van der Waals surface area (Å²) in [7, 11) is -2.87. The Bertz CT molecular complexity index is 654. The van der Waals surface area contributed by atoms with Crippen LogP contribution < -0.4 is 0 Å². The Balaban J connectivity index is 2.43. The van der Waals surface area contributed by atoms with Crippen molar-refractivity contribution in [2.24, 2.45) is 0 Å². The maximum atomic E-state index is 11.7. The summed E-state index contributed by atoms with van der Waals surface area (Å²) in [5.74, 6) is 0. The molecular weight excluding hydrogens is 633 g/mol. The molecule has 0 radical (unpaired) electrons. The maximum absolute atomic E-state index is 11.7. The third kappa shape index (κ3) is 5.27. The molecule has 0 bridgehead atoms. The van der Waals surface area contributed by atoms with Gasteiger partial charge in [0.05, 0.1) is 0 Å². The second-order valence-corrected chi connectivity index (χ2v) is 12.5. The summed E-state index contributed by atoms with van der Waals surface area (Å²) in [4.78, 5) is 0. The topological polar surface area (TPSA) is 52.6 Å². The molecule has 114 valence electrons. The van der Waals surface area contributed by atoms with Crippen molar-refractivity contribution < 1.29 is 15.1 Å². The van der Waals surface area contributed by atoms with Crippen molar-refractivity contribution in [1.82, 2.24) is 0 Å². The van der Waals surface area contributed by atoms with E-state index in [2.05, 4.69) is 49.4 Å². The van der Waals surface area contributed by atoms with Gasteiger partial charge in [-0.25, -0.2) is 0 Å². The molecular formula is C13H11I3O4S. The van der Waals surface area contributed by atoms with Gasteiger partial charge in [-0.2, -0.15) is 0 Å². The van der Waals surface area contributed by atoms with Gasteiger partial charge in [0, 0.05) is 0 Å². The van der Waals surface area contributed by atoms with Crippen LogP contribution in [0.4, 0.5) is 0 Å². The van der Waals surface area contributed by atoms with E-state index in [1.54, 1.807) is 0 Å². The molecule has 21 heavy (non-hydrogen) atoms. The van der Waals surface area contributed by atoms with Gasteiger partial charge >= 0.3 is 161 Å². The number of rotatable bonds is 5. The molecule has 0 spiro atoms. The van der Waals surface area contributed by atoms with Gasteiger partial charge in [-0.1, -0.05) is 0 Å². The molecule has 0 aliphatic rings. The van der Waals surface area contributed by atoms with Gasteiger partial charge in [0.2, 0.25) is 0 Å². The molecule has 0 aliphatic heterocycles. The van der Waals surface area contributed by atoms with Gasteiger partial charge in [-0.3, -0.25) is 0 Å². The number of hydrogen-bond donors (Lipinski definition) is 0. The number of hydrogen-bond acceptors (Lipinski definition) is 4. The molecule has 2 aromatic carbocycles. The SMILES string of the molecule is COS(=O)(=O)OI(c1ccc(I)cc1)c1ccc(I)cc1. The predicted molar refractivity (Wildman–Crippen MR) is 107 cm³/mol. The molecule has 2 rings (SSSR count). The van der Waals surface area contributed by atoms with E-state index in [1.165, 1.54) is 0 Å². The standard InChI is InChI=1S/C13H11I3O4S/c1-19-21(17,18)20-16(12-6-2-10(14)3-7-12)13-8-4-11(15)5-9-13/h2-9H,1H3. The summed E-state index contributed by atoms with van der Waals surface area (Å²) < 4.78 is 37.1. The first-order chi connectivity index (χ1) is 9.91. The molecule has 0 unspecified atom stereocenters. The van der Waals surface area contributed by atoms with Gasteiger partial charge in [0.25, 0.3) is 0 Å². The Labute approximate surface area is 159 Å². The van der Waals surface area contributed by atoms with Crippen LogP contribution in [0.5, 0.6) is 0 Å². The van der Waals surface area contributed by atoms with Crippen molar-refractivity contribution >= 4 is 75.8 Å². The summed E-state index contributed by atoms with van der Waals surface area (Å²) in [5, 5.41) is 0. The van der Waals surface area contributed by atoms with Crippen molar-refractivity contribution in [3.8, 4) is 0 Å². The van der Waals surface area contributed by atoms with Crippen LogP contribution in [0, 0.1) is 14.3 Å². The zero-order chi connectivity index (χ0) is 15.5. The Kier molecular flexibility index (Phi) is 6.68. The van der Waals surface area contributed by atoms with Crippen LogP contribution in [0.1, 0.15) is 0 Å². The Hall–Kier alpha value is 0.500. The normalized spacial score (nSPS) is 12.2. The first kappa shape index (κ1) is 17.8. The molecule has 0 saturated carbocycles. The molecule has 0 aliphatic carbocycles. The van der Waals surface area contributed by atoms with Gasteiger partial charge in [-0.15, -0.1) is 0 Å². The molecule has 0 atom stereocenters. The van der Waals surface area contributed by atoms with Crippen molar-refractivity contribution in [2.45, 2.75) is 0 Å². The van der Waals surface area contributed by atoms with Gasteiger partial charge < -0.3 is 0 Å². The van der Waals surface area contributed by atoms with Crippen molar-refractivity contribution in [1.29, 1.82) is 0 Å². The zero-order valence-electron chi connectivity index (χ0n) is 10.8. The summed E-state index contributed by atoms with van der Waals surface area (Å²) in [6, 6.07) is 15.4. The van der Waals surface area contributed by atoms with E-state index in [-0.39, 0.29) is 0 Å². The summed E-state index contributed by atoms with van der Waals surface area (Å²) in [6.07, 6.45) is 0. The Morgan fingerprint density at radius 1 is 0.857 bits per heavy atom. The molecule has 4 nitrogen and oxygen atoms in total. The van der Waals surface area contributed by atoms with Crippen LogP contribution in [0.3, 0.4) is 0 Å². The molecule has 0 heterocycles. The summed E-state index contributed by atoms with van der Waals surface area (Å²) in [6.45, 7) is 0. The van der Waals surface area contributed by atoms with E-state index in [1.807, 2.05) is 48.5 Å². The van der Waals surface area contributed by atoms with Crippen LogP contribution >= 0.6 is 65.4 Å². The number of benzene rings is 2. The zero-order valence-corrected chi connectivity index (χ0v) is 18.1. The fourth-order valence-corrected chi connectivity index (χ4v) is 8.21. The third-order valence-corrected chi connectivity index (χ3v) is 10.6. The van der Waals surface area contributed by atoms with E-state index in [4.69, 9.17) is 2.51 Å². The fraction of sp³-hybridized carbons (Fsp3) is 0.0769. The molecule has 2 aromatic rings. The van der Waals surface area contributed by atoms with E-state index in [9.17, 15) is 8.42 Å². The van der Waals surface area contributed by atoms with Crippen molar-refractivity contribution in [2.75, 3.05) is 7.11 Å². The van der Waals surface area contributed by atoms with E-state index >= 15 is 0 Å². The average molecular weight is 644 g/mol. The van der Waals surface area contributed by atoms with Gasteiger partial charge in [-0.05, 0) is 0 Å². The second kappa shape index (κ2) is 7.86. The van der Waals surface area contributed by atoms with Gasteiger partial charge in [0.15, 0.2) is 0 Å². The minimum atomic E-state index is -3.97. The predicted octanol–water partition coefficient (Wildman–Crippen LogP) is 4.26. The van der Waals surface area contributed by atoms with Crippen LogP contribution in [0.15, 0.2) is 48.5 Å². The monoisotopic (exact) mass is 644 g/mol. The average Bonchev–Trinajstić information content (AvgIpc) is 2.47. The second-order valence-electron chi connectivity index (χ2n) is 3.76. The third-order valence-electron chi connectivity index (χ3n) is 2.35. The summed E-state index contributed by atoms with van der Waals surface area (Å²) in [5.41, 5.74) is 0. The minimum absolute atomic E-state index is 0.904. The van der Waals surface area contributed by atoms with Crippen molar-refractivity contribution in [3.05, 3.63) is 62.8 Å². The Morgan fingerprint density at radius 3 is 1.57 bits per heavy atom. The molecule has 0 N–H and O–H groups in total. The van der Waals surface area contributed by atoms with Crippen LogP contribution in [-0.4, -0.2) is 15.5 Å². The van der Waals surface area contributed by atoms with E-state index in [0.29, 0.717) is 0 Å². The van der Waals surface area contributed by atoms with Crippen LogP contribution in [0.25, 0.3) is 0 Å². The Morgan fingerprint density at radius 2 is 1.24 bits per heavy atom. The quantitative estimate of drug-likeness (QED) is 0.457. The molecule has 0 amide bonds.